The summed E-state index contributed by atoms with van der Waals surface area (Å²) in [6, 6.07) is 7.89. The second-order valence-electron chi connectivity index (χ2n) is 3.68. The van der Waals surface area contributed by atoms with Gasteiger partial charge in [-0.1, -0.05) is 22.0 Å². The van der Waals surface area contributed by atoms with Crippen LogP contribution in [0.3, 0.4) is 0 Å². The molecule has 1 heterocycles. The van der Waals surface area contributed by atoms with Gasteiger partial charge in [0.2, 0.25) is 0 Å². The molecule has 1 aromatic carbocycles. The van der Waals surface area contributed by atoms with Crippen molar-refractivity contribution < 1.29 is 4.74 Å². The number of halogens is 1. The van der Waals surface area contributed by atoms with Gasteiger partial charge < -0.3 is 9.64 Å². The molecule has 2 aromatic rings. The number of hydrogen-bond donors (Lipinski definition) is 0. The minimum atomic E-state index is 0.341. The van der Waals surface area contributed by atoms with Crippen molar-refractivity contribution in [1.29, 1.82) is 0 Å². The van der Waals surface area contributed by atoms with Crippen molar-refractivity contribution in [3.8, 4) is 11.8 Å². The summed E-state index contributed by atoms with van der Waals surface area (Å²) < 4.78 is 6.48. The molecule has 17 heavy (non-hydrogen) atoms. The Bertz CT molecular complexity index is 499. The molecule has 0 bridgehead atoms. The smallest absolute Gasteiger partial charge is 0.322 e. The van der Waals surface area contributed by atoms with Crippen LogP contribution in [-0.4, -0.2) is 24.1 Å². The minimum Gasteiger partial charge on any atom is -0.424 e. The molecule has 1 aromatic heterocycles. The van der Waals surface area contributed by atoms with Crippen molar-refractivity contribution in [3.63, 3.8) is 0 Å². The predicted octanol–water partition coefficient (Wildman–Crippen LogP) is 3.10. The lowest BCUT2D eigenvalue weighted by atomic mass is 10.3. The van der Waals surface area contributed by atoms with Crippen LogP contribution in [-0.2, 0) is 0 Å². The Kier molecular flexibility index (Phi) is 3.58. The Morgan fingerprint density at radius 2 is 1.88 bits per heavy atom. The average molecular weight is 294 g/mol. The molecule has 0 amide bonds. The highest BCUT2D eigenvalue weighted by molar-refractivity contribution is 9.10. The van der Waals surface area contributed by atoms with E-state index < -0.39 is 0 Å². The van der Waals surface area contributed by atoms with Crippen molar-refractivity contribution >= 4 is 21.6 Å². The van der Waals surface area contributed by atoms with E-state index in [1.807, 2.05) is 43.3 Å². The molecule has 4 nitrogen and oxygen atoms in total. The molecule has 0 unspecified atom stereocenters. The number of rotatable bonds is 3. The summed E-state index contributed by atoms with van der Waals surface area (Å²) in [4.78, 5) is 10.2. The van der Waals surface area contributed by atoms with E-state index in [4.69, 9.17) is 4.74 Å². The van der Waals surface area contributed by atoms with Gasteiger partial charge >= 0.3 is 6.01 Å². The van der Waals surface area contributed by atoms with E-state index in [-0.39, 0.29) is 0 Å². The van der Waals surface area contributed by atoms with Gasteiger partial charge in [0, 0.05) is 18.6 Å². The second-order valence-corrected chi connectivity index (χ2v) is 4.59. The zero-order valence-corrected chi connectivity index (χ0v) is 11.2. The first-order valence-corrected chi connectivity index (χ1v) is 5.87. The van der Waals surface area contributed by atoms with Crippen LogP contribution in [0.1, 0.15) is 0 Å². The Hall–Kier alpha value is -1.62. The molecule has 0 atom stereocenters. The van der Waals surface area contributed by atoms with Crippen LogP contribution >= 0.6 is 15.9 Å². The van der Waals surface area contributed by atoms with Gasteiger partial charge in [-0.15, -0.1) is 0 Å². The van der Waals surface area contributed by atoms with Crippen LogP contribution in [0.4, 0.5) is 5.69 Å². The SMILES string of the molecule is CN(C)c1cnc(Oc2cccc(Br)c2)nc1. The van der Waals surface area contributed by atoms with Gasteiger partial charge in [-0.2, -0.15) is 0 Å². The number of hydrogen-bond acceptors (Lipinski definition) is 4. The molecule has 0 aliphatic carbocycles. The molecule has 0 saturated heterocycles. The Morgan fingerprint density at radius 3 is 2.47 bits per heavy atom. The molecule has 88 valence electrons. The Morgan fingerprint density at radius 1 is 1.18 bits per heavy atom. The molecule has 0 fully saturated rings. The molecule has 0 saturated carbocycles. The topological polar surface area (TPSA) is 38.2 Å². The summed E-state index contributed by atoms with van der Waals surface area (Å²) >= 11 is 3.38. The maximum absolute atomic E-state index is 5.52. The Labute approximate surface area is 108 Å². The van der Waals surface area contributed by atoms with E-state index in [1.54, 1.807) is 12.4 Å². The number of nitrogens with zero attached hydrogens (tertiary/aromatic N) is 3. The molecule has 0 aliphatic heterocycles. The fourth-order valence-electron chi connectivity index (χ4n) is 1.23. The van der Waals surface area contributed by atoms with E-state index >= 15 is 0 Å². The zero-order valence-electron chi connectivity index (χ0n) is 9.59. The van der Waals surface area contributed by atoms with Crippen molar-refractivity contribution in [1.82, 2.24) is 9.97 Å². The quantitative estimate of drug-likeness (QED) is 0.872. The highest BCUT2D eigenvalue weighted by atomic mass is 79.9. The highest BCUT2D eigenvalue weighted by Crippen LogP contribution is 2.22. The van der Waals surface area contributed by atoms with Crippen molar-refractivity contribution in [2.75, 3.05) is 19.0 Å². The normalized spacial score (nSPS) is 10.1. The van der Waals surface area contributed by atoms with Crippen LogP contribution in [0, 0.1) is 0 Å². The zero-order chi connectivity index (χ0) is 12.3. The van der Waals surface area contributed by atoms with Gasteiger partial charge in [0.1, 0.15) is 5.75 Å². The minimum absolute atomic E-state index is 0.341. The number of benzene rings is 1. The monoisotopic (exact) mass is 293 g/mol. The Balaban J connectivity index is 2.14. The lowest BCUT2D eigenvalue weighted by Gasteiger charge is -2.11. The summed E-state index contributed by atoms with van der Waals surface area (Å²) in [5.74, 6) is 0.706. The molecule has 2 rings (SSSR count). The highest BCUT2D eigenvalue weighted by Gasteiger charge is 2.02. The number of aromatic nitrogens is 2. The number of ether oxygens (including phenoxy) is 1. The molecule has 0 N–H and O–H groups in total. The first-order valence-electron chi connectivity index (χ1n) is 5.08. The second kappa shape index (κ2) is 5.14. The largest absolute Gasteiger partial charge is 0.424 e. The van der Waals surface area contributed by atoms with Gasteiger partial charge in [-0.25, -0.2) is 9.97 Å². The lowest BCUT2D eigenvalue weighted by Crippen LogP contribution is -2.09. The van der Waals surface area contributed by atoms with Crippen molar-refractivity contribution in [2.45, 2.75) is 0 Å². The fourth-order valence-corrected chi connectivity index (χ4v) is 1.61. The van der Waals surface area contributed by atoms with Crippen LogP contribution < -0.4 is 9.64 Å². The van der Waals surface area contributed by atoms with Gasteiger partial charge in [-0.3, -0.25) is 0 Å². The summed E-state index contributed by atoms with van der Waals surface area (Å²) in [5.41, 5.74) is 0.937. The van der Waals surface area contributed by atoms with E-state index in [0.29, 0.717) is 11.8 Å². The first kappa shape index (κ1) is 11.9. The number of anilines is 1. The third-order valence-electron chi connectivity index (χ3n) is 2.14. The average Bonchev–Trinajstić information content (AvgIpc) is 2.29. The lowest BCUT2D eigenvalue weighted by molar-refractivity contribution is 0.441. The van der Waals surface area contributed by atoms with Crippen LogP contribution in [0.5, 0.6) is 11.8 Å². The molecular formula is C12H12BrN3O. The summed E-state index contributed by atoms with van der Waals surface area (Å²) in [6.07, 6.45) is 3.45. The van der Waals surface area contributed by atoms with Crippen molar-refractivity contribution in [3.05, 3.63) is 41.1 Å². The van der Waals surface area contributed by atoms with E-state index in [2.05, 4.69) is 25.9 Å². The molecule has 0 radical (unpaired) electrons. The maximum Gasteiger partial charge on any atom is 0.322 e. The molecule has 0 aliphatic rings. The van der Waals surface area contributed by atoms with Crippen molar-refractivity contribution in [2.24, 2.45) is 0 Å². The standard InChI is InChI=1S/C12H12BrN3O/c1-16(2)10-7-14-12(15-8-10)17-11-5-3-4-9(13)6-11/h3-8H,1-2H3. The van der Waals surface area contributed by atoms with E-state index in [0.717, 1.165) is 10.2 Å². The van der Waals surface area contributed by atoms with Gasteiger partial charge in [0.25, 0.3) is 0 Å². The molecule has 5 heteroatoms. The summed E-state index contributed by atoms with van der Waals surface area (Å²) in [6.45, 7) is 0. The molecular weight excluding hydrogens is 282 g/mol. The van der Waals surface area contributed by atoms with Gasteiger partial charge in [0.05, 0.1) is 18.1 Å². The third-order valence-corrected chi connectivity index (χ3v) is 2.63. The third kappa shape index (κ3) is 3.17. The van der Waals surface area contributed by atoms with Crippen LogP contribution in [0.2, 0.25) is 0 Å². The van der Waals surface area contributed by atoms with Gasteiger partial charge in [0.15, 0.2) is 0 Å². The van der Waals surface area contributed by atoms with Crippen LogP contribution in [0.25, 0.3) is 0 Å². The summed E-state index contributed by atoms with van der Waals surface area (Å²) in [5, 5.41) is 0. The van der Waals surface area contributed by atoms with E-state index in [9.17, 15) is 0 Å². The maximum atomic E-state index is 5.52. The van der Waals surface area contributed by atoms with Crippen LogP contribution in [0.15, 0.2) is 41.1 Å². The van der Waals surface area contributed by atoms with E-state index in [1.165, 1.54) is 0 Å². The van der Waals surface area contributed by atoms with Gasteiger partial charge in [-0.05, 0) is 18.2 Å². The summed E-state index contributed by atoms with van der Waals surface area (Å²) in [7, 11) is 3.88. The first-order chi connectivity index (χ1) is 8.15. The fraction of sp³-hybridized carbons (Fsp3) is 0.167. The predicted molar refractivity (Wildman–Crippen MR) is 70.6 cm³/mol. The molecule has 0 spiro atoms.